The predicted molar refractivity (Wildman–Crippen MR) is 230 cm³/mol. The van der Waals surface area contributed by atoms with Crippen molar-refractivity contribution in [3.63, 3.8) is 0 Å². The van der Waals surface area contributed by atoms with Gasteiger partial charge in [-0.3, -0.25) is 18.6 Å². The summed E-state index contributed by atoms with van der Waals surface area (Å²) in [6.07, 6.45) is 45.5. The molecule has 2 unspecified atom stereocenters. The minimum Gasteiger partial charge on any atom is -0.462 e. The summed E-state index contributed by atoms with van der Waals surface area (Å²) in [4.78, 5) is 34.8. The number of carbonyl (C=O) groups is 2. The van der Waals surface area contributed by atoms with Crippen molar-refractivity contribution in [1.82, 2.24) is 0 Å². The van der Waals surface area contributed by atoms with Crippen molar-refractivity contribution in [2.45, 2.75) is 174 Å². The van der Waals surface area contributed by atoms with Crippen LogP contribution >= 0.6 is 7.82 Å². The van der Waals surface area contributed by atoms with E-state index in [0.717, 1.165) is 32.1 Å². The van der Waals surface area contributed by atoms with Gasteiger partial charge in [0.2, 0.25) is 0 Å². The minimum absolute atomic E-state index is 0.0174. The Labute approximate surface area is 340 Å². The zero-order valence-electron chi connectivity index (χ0n) is 35.0. The Balaban J connectivity index is 4.44. The third-order valence-electron chi connectivity index (χ3n) is 8.67. The molecule has 0 rings (SSSR count). The van der Waals surface area contributed by atoms with Crippen molar-refractivity contribution in [2.75, 3.05) is 26.4 Å². The van der Waals surface area contributed by atoms with E-state index < -0.39 is 38.6 Å². The van der Waals surface area contributed by atoms with E-state index in [4.69, 9.17) is 24.3 Å². The van der Waals surface area contributed by atoms with Gasteiger partial charge < -0.3 is 25.2 Å². The van der Waals surface area contributed by atoms with E-state index >= 15 is 0 Å². The summed E-state index contributed by atoms with van der Waals surface area (Å²) in [6, 6.07) is 0. The molecule has 0 aliphatic carbocycles. The van der Waals surface area contributed by atoms with Gasteiger partial charge in [0.1, 0.15) is 6.61 Å². The van der Waals surface area contributed by atoms with Crippen molar-refractivity contribution in [3.8, 4) is 0 Å². The Kier molecular flexibility index (Phi) is 38.7. The van der Waals surface area contributed by atoms with Gasteiger partial charge in [0.25, 0.3) is 0 Å². The van der Waals surface area contributed by atoms with Crippen LogP contribution in [-0.4, -0.2) is 60.5 Å². The second kappa shape index (κ2) is 40.6. The lowest BCUT2D eigenvalue weighted by atomic mass is 10.1. The second-order valence-corrected chi connectivity index (χ2v) is 15.5. The molecule has 0 heterocycles. The average molecular weight is 808 g/mol. The summed E-state index contributed by atoms with van der Waals surface area (Å²) in [5, 5.41) is 10.2. The highest BCUT2D eigenvalue weighted by Gasteiger charge is 2.26. The highest BCUT2D eigenvalue weighted by atomic mass is 31.2. The van der Waals surface area contributed by atoms with Gasteiger partial charge in [0, 0.05) is 19.4 Å². The molecule has 0 bridgehead atoms. The fraction of sp³-hybridized carbons (Fsp3) is 0.689. The first-order chi connectivity index (χ1) is 27.2. The van der Waals surface area contributed by atoms with Crippen LogP contribution in [0.2, 0.25) is 0 Å². The van der Waals surface area contributed by atoms with E-state index in [0.29, 0.717) is 25.7 Å². The van der Waals surface area contributed by atoms with Gasteiger partial charge in [-0.05, 0) is 70.6 Å². The van der Waals surface area contributed by atoms with E-state index in [2.05, 4.69) is 56.4 Å². The van der Waals surface area contributed by atoms with Crippen LogP contribution in [0.25, 0.3) is 0 Å². The van der Waals surface area contributed by atoms with Crippen molar-refractivity contribution >= 4 is 19.8 Å². The highest BCUT2D eigenvalue weighted by molar-refractivity contribution is 7.47. The van der Waals surface area contributed by atoms with E-state index in [1.54, 1.807) is 12.2 Å². The molecule has 0 aliphatic heterocycles. The number of hydrogen-bond acceptors (Lipinski definition) is 9. The minimum atomic E-state index is -4.44. The molecule has 0 fully saturated rings. The number of phosphoric ester groups is 1. The van der Waals surface area contributed by atoms with Gasteiger partial charge in [0.05, 0.1) is 19.3 Å². The van der Waals surface area contributed by atoms with Crippen LogP contribution in [0.15, 0.2) is 72.9 Å². The van der Waals surface area contributed by atoms with Crippen molar-refractivity contribution in [3.05, 3.63) is 72.9 Å². The third-order valence-corrected chi connectivity index (χ3v) is 9.65. The number of ether oxygens (including phenoxy) is 2. The molecule has 56 heavy (non-hydrogen) atoms. The lowest BCUT2D eigenvalue weighted by Gasteiger charge is -2.19. The Morgan fingerprint density at radius 2 is 1.14 bits per heavy atom. The number of nitrogens with two attached hydrogens (primary N) is 1. The summed E-state index contributed by atoms with van der Waals surface area (Å²) < 4.78 is 32.5. The Hall–Kier alpha value is -2.59. The fourth-order valence-electron chi connectivity index (χ4n) is 5.42. The fourth-order valence-corrected chi connectivity index (χ4v) is 6.19. The number of esters is 2. The first-order valence-electron chi connectivity index (χ1n) is 21.5. The molecular formula is C45H78NO9P. The summed E-state index contributed by atoms with van der Waals surface area (Å²) in [7, 11) is -4.44. The normalized spacial score (nSPS) is 14.6. The SMILES string of the molecule is CCCCCCCC/C=C\C/C=C\C/C=C\CCCC(=O)O[C@H](COC(=O)CCCC(O)/C=C/C=C/C/C=C/CCCCCCCC)COP(=O)(O)OCCN. The molecule has 0 aromatic carbocycles. The molecule has 0 spiro atoms. The van der Waals surface area contributed by atoms with Crippen molar-refractivity contribution < 1.29 is 42.7 Å². The number of carbonyl (C=O) groups excluding carboxylic acids is 2. The average Bonchev–Trinajstić information content (AvgIpc) is 3.18. The van der Waals surface area contributed by atoms with Crippen LogP contribution in [0.5, 0.6) is 0 Å². The van der Waals surface area contributed by atoms with Crippen LogP contribution < -0.4 is 5.73 Å². The Morgan fingerprint density at radius 1 is 0.625 bits per heavy atom. The molecule has 0 saturated heterocycles. The molecule has 322 valence electrons. The number of phosphoric acid groups is 1. The zero-order chi connectivity index (χ0) is 41.2. The van der Waals surface area contributed by atoms with E-state index in [1.165, 1.54) is 77.0 Å². The van der Waals surface area contributed by atoms with Gasteiger partial charge in [-0.1, -0.05) is 151 Å². The second-order valence-electron chi connectivity index (χ2n) is 14.1. The molecule has 0 aromatic rings. The summed E-state index contributed by atoms with van der Waals surface area (Å²) in [5.74, 6) is -1.09. The molecular weight excluding hydrogens is 729 g/mol. The standard InChI is InChI=1S/C45H78NO9P/c1-3-5-7-9-11-13-15-17-18-19-20-22-24-26-28-30-32-36-45(49)55-43(41-54-56(50,51)53-39-38-46)40-52-44(48)37-33-35-42(47)34-31-29-27-25-23-21-16-14-12-10-8-6-4-2/h17-18,20-23,26-29,31,34,42-43,47H,3-16,19,24-25,30,32-33,35-41,46H2,1-2H3,(H,50,51)/b18-17-,22-20-,23-21+,28-26-,29-27+,34-31+/t42?,43-/m1/s1. The third kappa shape index (κ3) is 39.6. The van der Waals surface area contributed by atoms with Crippen molar-refractivity contribution in [2.24, 2.45) is 5.73 Å². The maximum atomic E-state index is 12.6. The number of aliphatic hydroxyl groups excluding tert-OH is 1. The number of unbranched alkanes of at least 4 members (excludes halogenated alkanes) is 13. The van der Waals surface area contributed by atoms with Gasteiger partial charge in [-0.2, -0.15) is 0 Å². The lowest BCUT2D eigenvalue weighted by Crippen LogP contribution is -2.29. The van der Waals surface area contributed by atoms with E-state index in [1.807, 2.05) is 18.2 Å². The van der Waals surface area contributed by atoms with Crippen LogP contribution in [-0.2, 0) is 32.7 Å². The predicted octanol–water partition coefficient (Wildman–Crippen LogP) is 11.2. The number of allylic oxidation sites excluding steroid dienone is 11. The molecule has 4 N–H and O–H groups in total. The highest BCUT2D eigenvalue weighted by Crippen LogP contribution is 2.43. The number of hydrogen-bond donors (Lipinski definition) is 3. The Morgan fingerprint density at radius 3 is 1.73 bits per heavy atom. The zero-order valence-corrected chi connectivity index (χ0v) is 35.8. The summed E-state index contributed by atoms with van der Waals surface area (Å²) in [5.41, 5.74) is 5.33. The Bertz CT molecular complexity index is 1160. The van der Waals surface area contributed by atoms with E-state index in [-0.39, 0.29) is 32.6 Å². The van der Waals surface area contributed by atoms with Crippen LogP contribution in [0.1, 0.15) is 162 Å². The molecule has 0 aliphatic rings. The first kappa shape index (κ1) is 53.4. The number of rotatable bonds is 39. The lowest BCUT2D eigenvalue weighted by molar-refractivity contribution is -0.161. The maximum absolute atomic E-state index is 12.6. The molecule has 0 saturated carbocycles. The quantitative estimate of drug-likeness (QED) is 0.0180. The molecule has 11 heteroatoms. The molecule has 0 amide bonds. The first-order valence-corrected chi connectivity index (χ1v) is 23.0. The van der Waals surface area contributed by atoms with Gasteiger partial charge >= 0.3 is 19.8 Å². The van der Waals surface area contributed by atoms with Gasteiger partial charge in [-0.25, -0.2) is 4.57 Å². The van der Waals surface area contributed by atoms with Crippen molar-refractivity contribution in [1.29, 1.82) is 0 Å². The molecule has 3 atom stereocenters. The van der Waals surface area contributed by atoms with Crippen LogP contribution in [0.3, 0.4) is 0 Å². The topological polar surface area (TPSA) is 155 Å². The number of aliphatic hydroxyl groups is 1. The van der Waals surface area contributed by atoms with E-state index in [9.17, 15) is 24.2 Å². The summed E-state index contributed by atoms with van der Waals surface area (Å²) in [6.45, 7) is 3.42. The van der Waals surface area contributed by atoms with Gasteiger partial charge in [0.15, 0.2) is 6.10 Å². The largest absolute Gasteiger partial charge is 0.472 e. The molecule has 0 radical (unpaired) electrons. The monoisotopic (exact) mass is 808 g/mol. The molecule has 10 nitrogen and oxygen atoms in total. The van der Waals surface area contributed by atoms with Crippen LogP contribution in [0.4, 0.5) is 0 Å². The smallest absolute Gasteiger partial charge is 0.462 e. The van der Waals surface area contributed by atoms with Crippen LogP contribution in [0, 0.1) is 0 Å². The maximum Gasteiger partial charge on any atom is 0.472 e. The molecule has 0 aromatic heterocycles. The summed E-state index contributed by atoms with van der Waals surface area (Å²) >= 11 is 0. The van der Waals surface area contributed by atoms with Gasteiger partial charge in [-0.15, -0.1) is 0 Å².